The molecule has 1 saturated carbocycles. The van der Waals surface area contributed by atoms with E-state index >= 15 is 0 Å². The standard InChI is InChI=1S/C19H12ClF8N5OS/c1-33-12(11(18(23,24)25)13(31-33)17(21,22)19(26,27)28)14-30-16(35-32-14)7-2-5-10(20)9(6-7)15(34)29-8-3-4-8/h2,5-6,8H,3-4H2,1H3,(H,29,34). The highest BCUT2D eigenvalue weighted by Crippen LogP contribution is 2.50. The number of nitrogens with zero attached hydrogens (tertiary/aromatic N) is 4. The van der Waals surface area contributed by atoms with Crippen molar-refractivity contribution in [1.82, 2.24) is 24.5 Å². The predicted octanol–water partition coefficient (Wildman–Crippen LogP) is 5.82. The monoisotopic (exact) mass is 545 g/mol. The van der Waals surface area contributed by atoms with Gasteiger partial charge in [-0.25, -0.2) is 4.98 Å². The van der Waals surface area contributed by atoms with Gasteiger partial charge in [0, 0.05) is 18.7 Å². The van der Waals surface area contributed by atoms with Gasteiger partial charge in [0.2, 0.25) is 0 Å². The minimum Gasteiger partial charge on any atom is -0.349 e. The molecule has 4 rings (SSSR count). The number of aryl methyl sites for hydroxylation is 1. The Morgan fingerprint density at radius 3 is 2.37 bits per heavy atom. The molecule has 0 aliphatic heterocycles. The molecule has 0 saturated heterocycles. The Balaban J connectivity index is 1.79. The number of halogens is 9. The highest BCUT2D eigenvalue weighted by atomic mass is 35.5. The van der Waals surface area contributed by atoms with Crippen molar-refractivity contribution in [2.45, 2.75) is 37.2 Å². The van der Waals surface area contributed by atoms with E-state index in [0.29, 0.717) is 11.5 Å². The Kier molecular flexibility index (Phi) is 6.07. The quantitative estimate of drug-likeness (QED) is 0.410. The second-order valence-electron chi connectivity index (χ2n) is 7.63. The lowest BCUT2D eigenvalue weighted by molar-refractivity contribution is -0.292. The van der Waals surface area contributed by atoms with Crippen LogP contribution in [0.1, 0.15) is 34.5 Å². The van der Waals surface area contributed by atoms with Crippen molar-refractivity contribution in [1.29, 1.82) is 0 Å². The highest BCUT2D eigenvalue weighted by Gasteiger charge is 2.64. The number of hydrogen-bond donors (Lipinski definition) is 1. The van der Waals surface area contributed by atoms with E-state index in [0.717, 1.165) is 19.9 Å². The van der Waals surface area contributed by atoms with Crippen LogP contribution in [0.5, 0.6) is 0 Å². The number of alkyl halides is 8. The van der Waals surface area contributed by atoms with E-state index < -0.39 is 47.0 Å². The predicted molar refractivity (Wildman–Crippen MR) is 108 cm³/mol. The SMILES string of the molecule is Cn1nc(C(F)(F)C(F)(F)F)c(C(F)(F)F)c1-c1nsc(-c2ccc(Cl)c(C(=O)NC3CC3)c2)n1. The fraction of sp³-hybridized carbons (Fsp3) is 0.368. The molecular weight excluding hydrogens is 534 g/mol. The lowest BCUT2D eigenvalue weighted by atomic mass is 10.1. The van der Waals surface area contributed by atoms with Crippen LogP contribution in [0.4, 0.5) is 35.1 Å². The van der Waals surface area contributed by atoms with E-state index in [2.05, 4.69) is 19.8 Å². The summed E-state index contributed by atoms with van der Waals surface area (Å²) < 4.78 is 111. The van der Waals surface area contributed by atoms with Crippen LogP contribution in [0.15, 0.2) is 18.2 Å². The molecular formula is C19H12ClF8N5OS. The van der Waals surface area contributed by atoms with Gasteiger partial charge in [0.1, 0.15) is 16.3 Å². The zero-order chi connectivity index (χ0) is 25.9. The summed E-state index contributed by atoms with van der Waals surface area (Å²) in [6.45, 7) is 0. The smallest absolute Gasteiger partial charge is 0.349 e. The lowest BCUT2D eigenvalue weighted by Gasteiger charge is -2.19. The largest absolute Gasteiger partial charge is 0.459 e. The number of nitrogens with one attached hydrogen (secondary N) is 1. The molecule has 0 unspecified atom stereocenters. The molecule has 0 atom stereocenters. The number of carbonyl (C=O) groups is 1. The van der Waals surface area contributed by atoms with Crippen molar-refractivity contribution < 1.29 is 39.9 Å². The van der Waals surface area contributed by atoms with Crippen molar-refractivity contribution in [3.05, 3.63) is 40.0 Å². The minimum atomic E-state index is -6.32. The summed E-state index contributed by atoms with van der Waals surface area (Å²) in [5, 5.41) is 5.63. The minimum absolute atomic E-state index is 0.0185. The van der Waals surface area contributed by atoms with E-state index in [1.165, 1.54) is 18.2 Å². The summed E-state index contributed by atoms with van der Waals surface area (Å²) in [6.07, 6.45) is -10.3. The third-order valence-electron chi connectivity index (χ3n) is 4.99. The first kappa shape index (κ1) is 25.3. The van der Waals surface area contributed by atoms with E-state index in [-0.39, 0.29) is 31.9 Å². The van der Waals surface area contributed by atoms with Crippen LogP contribution in [0.25, 0.3) is 22.1 Å². The third kappa shape index (κ3) is 4.70. The fourth-order valence-corrected chi connectivity index (χ4v) is 4.03. The molecule has 1 aromatic carbocycles. The van der Waals surface area contributed by atoms with E-state index in [1.807, 2.05) is 0 Å². The Labute approximate surface area is 200 Å². The average Bonchev–Trinajstić information content (AvgIpc) is 3.27. The van der Waals surface area contributed by atoms with Gasteiger partial charge in [-0.2, -0.15) is 44.6 Å². The van der Waals surface area contributed by atoms with Gasteiger partial charge in [-0.05, 0) is 36.5 Å². The second-order valence-corrected chi connectivity index (χ2v) is 8.79. The molecule has 1 aliphatic carbocycles. The molecule has 188 valence electrons. The van der Waals surface area contributed by atoms with Crippen molar-refractivity contribution in [3.63, 3.8) is 0 Å². The summed E-state index contributed by atoms with van der Waals surface area (Å²) in [7, 11) is 0.768. The van der Waals surface area contributed by atoms with Crippen LogP contribution in [0, 0.1) is 0 Å². The maximum absolute atomic E-state index is 13.9. The number of aromatic nitrogens is 4. The van der Waals surface area contributed by atoms with E-state index in [1.54, 1.807) is 0 Å². The van der Waals surface area contributed by atoms with Crippen LogP contribution in [0.3, 0.4) is 0 Å². The first-order chi connectivity index (χ1) is 16.1. The van der Waals surface area contributed by atoms with Crippen molar-refractivity contribution in [3.8, 4) is 22.1 Å². The van der Waals surface area contributed by atoms with E-state index in [9.17, 15) is 39.9 Å². The zero-order valence-electron chi connectivity index (χ0n) is 17.2. The van der Waals surface area contributed by atoms with E-state index in [4.69, 9.17) is 11.6 Å². The van der Waals surface area contributed by atoms with Crippen molar-refractivity contribution in [2.75, 3.05) is 0 Å². The molecule has 6 nitrogen and oxygen atoms in total. The van der Waals surface area contributed by atoms with Crippen LogP contribution in [-0.2, 0) is 19.1 Å². The summed E-state index contributed by atoms with van der Waals surface area (Å²) in [4.78, 5) is 16.3. The van der Waals surface area contributed by atoms with Gasteiger partial charge in [-0.3, -0.25) is 9.48 Å². The van der Waals surface area contributed by atoms with Gasteiger partial charge in [0.05, 0.1) is 10.6 Å². The van der Waals surface area contributed by atoms with Crippen LogP contribution in [0.2, 0.25) is 5.02 Å². The maximum atomic E-state index is 13.9. The number of amides is 1. The fourth-order valence-electron chi connectivity index (χ4n) is 3.16. The number of hydrogen-bond acceptors (Lipinski definition) is 5. The van der Waals surface area contributed by atoms with Gasteiger partial charge >= 0.3 is 18.3 Å². The normalized spacial score (nSPS) is 14.9. The first-order valence-electron chi connectivity index (χ1n) is 9.65. The molecule has 2 aromatic heterocycles. The molecule has 1 fully saturated rings. The summed E-state index contributed by atoms with van der Waals surface area (Å²) in [6, 6.07) is 4.09. The molecule has 1 aliphatic rings. The molecule has 3 aromatic rings. The summed E-state index contributed by atoms with van der Waals surface area (Å²) in [5.74, 6) is -7.13. The van der Waals surface area contributed by atoms with Gasteiger partial charge in [-0.1, -0.05) is 17.7 Å². The third-order valence-corrected chi connectivity index (χ3v) is 6.09. The van der Waals surface area contributed by atoms with Crippen molar-refractivity contribution in [2.24, 2.45) is 7.05 Å². The first-order valence-corrected chi connectivity index (χ1v) is 10.8. The molecule has 35 heavy (non-hydrogen) atoms. The van der Waals surface area contributed by atoms with Crippen LogP contribution >= 0.6 is 23.1 Å². The van der Waals surface area contributed by atoms with Gasteiger partial charge in [0.15, 0.2) is 11.5 Å². The molecule has 0 radical (unpaired) electrons. The Morgan fingerprint density at radius 2 is 1.80 bits per heavy atom. The van der Waals surface area contributed by atoms with Gasteiger partial charge < -0.3 is 5.32 Å². The number of carbonyl (C=O) groups excluding carboxylic acids is 1. The zero-order valence-corrected chi connectivity index (χ0v) is 18.8. The summed E-state index contributed by atoms with van der Waals surface area (Å²) in [5.41, 5.74) is -5.68. The molecule has 2 heterocycles. The maximum Gasteiger partial charge on any atom is 0.459 e. The lowest BCUT2D eigenvalue weighted by Crippen LogP contribution is -2.36. The average molecular weight is 546 g/mol. The topological polar surface area (TPSA) is 72.7 Å². The molecule has 16 heteroatoms. The Morgan fingerprint density at radius 1 is 1.14 bits per heavy atom. The molecule has 0 bridgehead atoms. The summed E-state index contributed by atoms with van der Waals surface area (Å²) >= 11 is 6.61. The Hall–Kier alpha value is -2.81. The number of benzene rings is 1. The molecule has 1 N–H and O–H groups in total. The Bertz CT molecular complexity index is 1300. The van der Waals surface area contributed by atoms with Gasteiger partial charge in [0.25, 0.3) is 5.91 Å². The van der Waals surface area contributed by atoms with Crippen molar-refractivity contribution >= 4 is 29.0 Å². The molecule has 0 spiro atoms. The highest BCUT2D eigenvalue weighted by molar-refractivity contribution is 7.09. The van der Waals surface area contributed by atoms with Crippen LogP contribution < -0.4 is 5.32 Å². The molecule has 1 amide bonds. The number of rotatable bonds is 5. The second kappa shape index (κ2) is 8.40. The van der Waals surface area contributed by atoms with Gasteiger partial charge in [-0.15, -0.1) is 0 Å². The van der Waals surface area contributed by atoms with Crippen LogP contribution in [-0.4, -0.2) is 37.3 Å².